The molecule has 1 aromatic carbocycles. The molecule has 17 heavy (non-hydrogen) atoms. The van der Waals surface area contributed by atoms with Gasteiger partial charge in [-0.3, -0.25) is 4.79 Å². The van der Waals surface area contributed by atoms with Gasteiger partial charge in [0, 0.05) is 13.7 Å². The number of hydrogen-bond acceptors (Lipinski definition) is 3. The fraction of sp³-hybridized carbons (Fsp3) is 0.417. The Balaban J connectivity index is 2.65. The number of aliphatic hydroxyl groups excluding tert-OH is 1. The number of ether oxygens (including phenoxy) is 1. The van der Waals surface area contributed by atoms with Crippen molar-refractivity contribution in [2.45, 2.75) is 13.0 Å². The van der Waals surface area contributed by atoms with Gasteiger partial charge < -0.3 is 15.2 Å². The van der Waals surface area contributed by atoms with Crippen LogP contribution in [0.15, 0.2) is 18.2 Å². The van der Waals surface area contributed by atoms with Crippen LogP contribution in [0.5, 0.6) is 0 Å². The normalized spacial score (nSPS) is 12.2. The lowest BCUT2D eigenvalue weighted by Crippen LogP contribution is -2.31. The quantitative estimate of drug-likeness (QED) is 0.754. The van der Waals surface area contributed by atoms with E-state index in [9.17, 15) is 14.3 Å². The summed E-state index contributed by atoms with van der Waals surface area (Å²) in [5.74, 6) is -0.881. The van der Waals surface area contributed by atoms with Crippen LogP contribution in [0.2, 0.25) is 0 Å². The first-order chi connectivity index (χ1) is 8.06. The summed E-state index contributed by atoms with van der Waals surface area (Å²) in [6.45, 7) is 2.28. The van der Waals surface area contributed by atoms with Gasteiger partial charge >= 0.3 is 0 Å². The van der Waals surface area contributed by atoms with Gasteiger partial charge in [0.05, 0.1) is 6.61 Å². The minimum Gasteiger partial charge on any atom is -0.383 e. The number of hydrogen-bond donors (Lipinski definition) is 2. The Morgan fingerprint density at radius 2 is 2.29 bits per heavy atom. The van der Waals surface area contributed by atoms with Gasteiger partial charge in [0.25, 0.3) is 5.91 Å². The molecule has 1 rings (SSSR count). The van der Waals surface area contributed by atoms with Crippen molar-refractivity contribution in [1.29, 1.82) is 0 Å². The Labute approximate surface area is 99.4 Å². The van der Waals surface area contributed by atoms with E-state index >= 15 is 0 Å². The topological polar surface area (TPSA) is 58.6 Å². The Bertz CT molecular complexity index is 395. The largest absolute Gasteiger partial charge is 0.383 e. The van der Waals surface area contributed by atoms with Crippen molar-refractivity contribution in [3.05, 3.63) is 35.1 Å². The van der Waals surface area contributed by atoms with Crippen LogP contribution in [-0.2, 0) is 9.53 Å². The van der Waals surface area contributed by atoms with E-state index in [1.807, 2.05) is 0 Å². The maximum atomic E-state index is 13.0. The van der Waals surface area contributed by atoms with Crippen LogP contribution in [0.25, 0.3) is 0 Å². The molecule has 0 saturated heterocycles. The number of amides is 1. The SMILES string of the molecule is COCCNC(=O)C(O)c1ccc(F)c(C)c1. The number of carbonyl (C=O) groups is 1. The summed E-state index contributed by atoms with van der Waals surface area (Å²) < 4.78 is 17.8. The summed E-state index contributed by atoms with van der Waals surface area (Å²) in [4.78, 5) is 11.5. The molecule has 0 aliphatic rings. The fourth-order valence-corrected chi connectivity index (χ4v) is 1.36. The second kappa shape index (κ2) is 6.32. The molecule has 0 aliphatic heterocycles. The summed E-state index contributed by atoms with van der Waals surface area (Å²) in [6.07, 6.45) is -1.29. The van der Waals surface area contributed by atoms with Crippen molar-refractivity contribution in [3.63, 3.8) is 0 Å². The van der Waals surface area contributed by atoms with E-state index < -0.39 is 12.0 Å². The van der Waals surface area contributed by atoms with Crippen molar-refractivity contribution in [3.8, 4) is 0 Å². The molecule has 0 heterocycles. The third-order valence-electron chi connectivity index (χ3n) is 2.35. The monoisotopic (exact) mass is 241 g/mol. The van der Waals surface area contributed by atoms with Crippen LogP contribution in [0.1, 0.15) is 17.2 Å². The molecule has 1 unspecified atom stereocenters. The molecule has 0 spiro atoms. The summed E-state index contributed by atoms with van der Waals surface area (Å²) in [6, 6.07) is 4.08. The zero-order valence-electron chi connectivity index (χ0n) is 9.87. The second-order valence-electron chi connectivity index (χ2n) is 3.69. The summed E-state index contributed by atoms with van der Waals surface area (Å²) in [7, 11) is 1.52. The van der Waals surface area contributed by atoms with Crippen LogP contribution in [-0.4, -0.2) is 31.3 Å². The Kier molecular flexibility index (Phi) is 5.06. The highest BCUT2D eigenvalue weighted by Gasteiger charge is 2.17. The predicted octanol–water partition coefficient (Wildman–Crippen LogP) is 0.930. The molecule has 0 aromatic heterocycles. The molecule has 1 atom stereocenters. The Morgan fingerprint density at radius 3 is 2.88 bits per heavy atom. The lowest BCUT2D eigenvalue weighted by molar-refractivity contribution is -0.129. The summed E-state index contributed by atoms with van der Waals surface area (Å²) in [5, 5.41) is 12.2. The molecule has 0 fully saturated rings. The van der Waals surface area contributed by atoms with Crippen LogP contribution in [0.3, 0.4) is 0 Å². The number of aliphatic hydroxyl groups is 1. The number of aryl methyl sites for hydroxylation is 1. The summed E-state index contributed by atoms with van der Waals surface area (Å²) >= 11 is 0. The van der Waals surface area contributed by atoms with Crippen molar-refractivity contribution < 1.29 is 19.0 Å². The molecule has 5 heteroatoms. The third kappa shape index (κ3) is 3.80. The molecular weight excluding hydrogens is 225 g/mol. The number of nitrogens with one attached hydrogen (secondary N) is 1. The van der Waals surface area contributed by atoms with Crippen molar-refractivity contribution in [1.82, 2.24) is 5.32 Å². The minimum absolute atomic E-state index is 0.326. The smallest absolute Gasteiger partial charge is 0.253 e. The number of halogens is 1. The molecule has 2 N–H and O–H groups in total. The van der Waals surface area contributed by atoms with Gasteiger partial charge in [-0.2, -0.15) is 0 Å². The van der Waals surface area contributed by atoms with E-state index in [1.54, 1.807) is 6.92 Å². The van der Waals surface area contributed by atoms with Crippen molar-refractivity contribution in [2.24, 2.45) is 0 Å². The molecule has 4 nitrogen and oxygen atoms in total. The van der Waals surface area contributed by atoms with E-state index in [1.165, 1.54) is 25.3 Å². The van der Waals surface area contributed by atoms with Crippen LogP contribution in [0, 0.1) is 12.7 Å². The van der Waals surface area contributed by atoms with E-state index in [-0.39, 0.29) is 5.82 Å². The average molecular weight is 241 g/mol. The molecule has 1 amide bonds. The van der Waals surface area contributed by atoms with Crippen LogP contribution < -0.4 is 5.32 Å². The van der Waals surface area contributed by atoms with Crippen molar-refractivity contribution in [2.75, 3.05) is 20.3 Å². The Morgan fingerprint density at radius 1 is 1.59 bits per heavy atom. The lowest BCUT2D eigenvalue weighted by atomic mass is 10.1. The highest BCUT2D eigenvalue weighted by molar-refractivity contribution is 5.81. The van der Waals surface area contributed by atoms with E-state index in [2.05, 4.69) is 5.32 Å². The maximum Gasteiger partial charge on any atom is 0.253 e. The molecule has 94 valence electrons. The molecule has 0 radical (unpaired) electrons. The predicted molar refractivity (Wildman–Crippen MR) is 61.0 cm³/mol. The second-order valence-corrected chi connectivity index (χ2v) is 3.69. The Hall–Kier alpha value is -1.46. The molecule has 0 saturated carbocycles. The third-order valence-corrected chi connectivity index (χ3v) is 2.35. The van der Waals surface area contributed by atoms with Gasteiger partial charge in [0.1, 0.15) is 5.82 Å². The van der Waals surface area contributed by atoms with Gasteiger partial charge in [-0.1, -0.05) is 12.1 Å². The minimum atomic E-state index is -1.29. The zero-order chi connectivity index (χ0) is 12.8. The average Bonchev–Trinajstić information content (AvgIpc) is 2.32. The summed E-state index contributed by atoms with van der Waals surface area (Å²) in [5.41, 5.74) is 0.769. The maximum absolute atomic E-state index is 13.0. The molecule has 0 aliphatic carbocycles. The van der Waals surface area contributed by atoms with Gasteiger partial charge in [-0.05, 0) is 24.1 Å². The van der Waals surface area contributed by atoms with Crippen LogP contribution >= 0.6 is 0 Å². The van der Waals surface area contributed by atoms with Gasteiger partial charge in [-0.15, -0.1) is 0 Å². The molecule has 1 aromatic rings. The fourth-order valence-electron chi connectivity index (χ4n) is 1.36. The number of benzene rings is 1. The van der Waals surface area contributed by atoms with E-state index in [4.69, 9.17) is 4.74 Å². The molecule has 0 bridgehead atoms. The zero-order valence-corrected chi connectivity index (χ0v) is 9.87. The number of methoxy groups -OCH3 is 1. The lowest BCUT2D eigenvalue weighted by Gasteiger charge is -2.12. The van der Waals surface area contributed by atoms with Crippen molar-refractivity contribution >= 4 is 5.91 Å². The molecular formula is C12H16FNO3. The first-order valence-corrected chi connectivity index (χ1v) is 5.27. The van der Waals surface area contributed by atoms with Crippen LogP contribution in [0.4, 0.5) is 4.39 Å². The van der Waals surface area contributed by atoms with Gasteiger partial charge in [0.2, 0.25) is 0 Å². The number of rotatable bonds is 5. The first kappa shape index (κ1) is 13.6. The number of carbonyl (C=O) groups excluding carboxylic acids is 1. The van der Waals surface area contributed by atoms with E-state index in [0.717, 1.165) is 0 Å². The standard InChI is InChI=1S/C12H16FNO3/c1-8-7-9(3-4-10(8)13)11(15)12(16)14-5-6-17-2/h3-4,7,11,15H,5-6H2,1-2H3,(H,14,16). The highest BCUT2D eigenvalue weighted by atomic mass is 19.1. The van der Waals surface area contributed by atoms with Gasteiger partial charge in [0.15, 0.2) is 6.10 Å². The highest BCUT2D eigenvalue weighted by Crippen LogP contribution is 2.16. The van der Waals surface area contributed by atoms with E-state index in [0.29, 0.717) is 24.3 Å². The first-order valence-electron chi connectivity index (χ1n) is 5.27. The van der Waals surface area contributed by atoms with Gasteiger partial charge in [-0.25, -0.2) is 4.39 Å².